The van der Waals surface area contributed by atoms with E-state index >= 15 is 0 Å². The van der Waals surface area contributed by atoms with Crippen LogP contribution in [-0.4, -0.2) is 34.6 Å². The van der Waals surface area contributed by atoms with E-state index in [9.17, 15) is 18.4 Å². The summed E-state index contributed by atoms with van der Waals surface area (Å²) in [5.74, 6) is -2.98. The van der Waals surface area contributed by atoms with Gasteiger partial charge in [-0.05, 0) is 25.0 Å². The molecular formula is C12H12F2N2O3. The number of benzene rings is 1. The Bertz CT molecular complexity index is 497. The highest BCUT2D eigenvalue weighted by Crippen LogP contribution is 2.28. The molecule has 0 saturated heterocycles. The second-order valence-corrected chi connectivity index (χ2v) is 4.28. The maximum absolute atomic E-state index is 13.4. The molecule has 0 atom stereocenters. The van der Waals surface area contributed by atoms with E-state index in [1.807, 2.05) is 0 Å². The summed E-state index contributed by atoms with van der Waals surface area (Å²) in [5.41, 5.74) is -0.566. The summed E-state index contributed by atoms with van der Waals surface area (Å²) in [6.07, 6.45) is 1.39. The van der Waals surface area contributed by atoms with Crippen molar-refractivity contribution in [2.45, 2.75) is 18.9 Å². The van der Waals surface area contributed by atoms with Gasteiger partial charge in [0.2, 0.25) is 0 Å². The lowest BCUT2D eigenvalue weighted by molar-refractivity contribution is -0.137. The van der Waals surface area contributed by atoms with Crippen LogP contribution in [0.3, 0.4) is 0 Å². The molecule has 7 heteroatoms. The highest BCUT2D eigenvalue weighted by Gasteiger charge is 2.34. The van der Waals surface area contributed by atoms with E-state index in [0.717, 1.165) is 17.0 Å². The van der Waals surface area contributed by atoms with Crippen LogP contribution in [0.5, 0.6) is 0 Å². The van der Waals surface area contributed by atoms with E-state index in [4.69, 9.17) is 5.11 Å². The fourth-order valence-electron chi connectivity index (χ4n) is 1.69. The van der Waals surface area contributed by atoms with Gasteiger partial charge in [-0.15, -0.1) is 0 Å². The van der Waals surface area contributed by atoms with E-state index in [-0.39, 0.29) is 6.04 Å². The molecule has 0 radical (unpaired) electrons. The van der Waals surface area contributed by atoms with E-state index in [2.05, 4.69) is 5.32 Å². The maximum Gasteiger partial charge on any atom is 0.323 e. The van der Waals surface area contributed by atoms with Crippen molar-refractivity contribution >= 4 is 17.7 Å². The Morgan fingerprint density at radius 2 is 1.89 bits per heavy atom. The van der Waals surface area contributed by atoms with Crippen LogP contribution in [0.1, 0.15) is 12.8 Å². The van der Waals surface area contributed by atoms with Crippen LogP contribution in [0.4, 0.5) is 19.3 Å². The largest absolute Gasteiger partial charge is 0.480 e. The van der Waals surface area contributed by atoms with Crippen molar-refractivity contribution in [2.24, 2.45) is 0 Å². The predicted octanol–water partition coefficient (Wildman–Crippen LogP) is 2.05. The molecule has 1 fully saturated rings. The second kappa shape index (κ2) is 5.21. The van der Waals surface area contributed by atoms with Gasteiger partial charge in [-0.3, -0.25) is 4.79 Å². The molecule has 1 saturated carbocycles. The number of rotatable bonds is 4. The Hall–Kier alpha value is -2.18. The molecular weight excluding hydrogens is 258 g/mol. The van der Waals surface area contributed by atoms with Crippen LogP contribution in [0.25, 0.3) is 0 Å². The predicted molar refractivity (Wildman–Crippen MR) is 62.7 cm³/mol. The van der Waals surface area contributed by atoms with Crippen LogP contribution in [0.15, 0.2) is 18.2 Å². The van der Waals surface area contributed by atoms with Crippen LogP contribution in [-0.2, 0) is 4.79 Å². The van der Waals surface area contributed by atoms with E-state index in [1.54, 1.807) is 0 Å². The summed E-state index contributed by atoms with van der Waals surface area (Å²) >= 11 is 0. The zero-order chi connectivity index (χ0) is 14.0. The van der Waals surface area contributed by atoms with Gasteiger partial charge in [-0.1, -0.05) is 6.07 Å². The number of carbonyl (C=O) groups is 2. The second-order valence-electron chi connectivity index (χ2n) is 4.28. The van der Waals surface area contributed by atoms with Crippen LogP contribution in [0.2, 0.25) is 0 Å². The van der Waals surface area contributed by atoms with Gasteiger partial charge in [0, 0.05) is 6.04 Å². The fraction of sp³-hybridized carbons (Fsp3) is 0.333. The SMILES string of the molecule is O=C(O)CN(C(=O)Nc1c(F)cccc1F)C1CC1. The fourth-order valence-corrected chi connectivity index (χ4v) is 1.69. The zero-order valence-electron chi connectivity index (χ0n) is 9.90. The molecule has 19 heavy (non-hydrogen) atoms. The minimum absolute atomic E-state index is 0.175. The van der Waals surface area contributed by atoms with Gasteiger partial charge >= 0.3 is 12.0 Å². The Balaban J connectivity index is 2.12. The lowest BCUT2D eigenvalue weighted by Crippen LogP contribution is -2.40. The first-order chi connectivity index (χ1) is 8.99. The normalized spacial score (nSPS) is 14.0. The molecule has 0 aromatic heterocycles. The van der Waals surface area contributed by atoms with Crippen molar-refractivity contribution < 1.29 is 23.5 Å². The van der Waals surface area contributed by atoms with Gasteiger partial charge in [0.25, 0.3) is 0 Å². The molecule has 1 aromatic rings. The van der Waals surface area contributed by atoms with Gasteiger partial charge < -0.3 is 15.3 Å². The number of para-hydroxylation sites is 1. The summed E-state index contributed by atoms with van der Waals surface area (Å²) in [5, 5.41) is 10.8. The number of nitrogens with one attached hydrogen (secondary N) is 1. The lowest BCUT2D eigenvalue weighted by Gasteiger charge is -2.21. The number of carboxylic acid groups (broad SMARTS) is 1. The highest BCUT2D eigenvalue weighted by molar-refractivity contribution is 5.92. The highest BCUT2D eigenvalue weighted by atomic mass is 19.1. The number of carbonyl (C=O) groups excluding carboxylic acids is 1. The number of halogens is 2. The van der Waals surface area contributed by atoms with Crippen molar-refractivity contribution in [1.82, 2.24) is 4.90 Å². The number of nitrogens with zero attached hydrogens (tertiary/aromatic N) is 1. The van der Waals surface area contributed by atoms with Crippen LogP contribution >= 0.6 is 0 Å². The molecule has 0 heterocycles. The molecule has 0 aliphatic heterocycles. The number of hydrogen-bond donors (Lipinski definition) is 2. The molecule has 1 aromatic carbocycles. The summed E-state index contributed by atoms with van der Waals surface area (Å²) < 4.78 is 26.7. The number of hydrogen-bond acceptors (Lipinski definition) is 2. The molecule has 0 spiro atoms. The summed E-state index contributed by atoms with van der Waals surface area (Å²) in [7, 11) is 0. The number of carboxylic acids is 1. The first kappa shape index (κ1) is 13.3. The molecule has 102 valence electrons. The quantitative estimate of drug-likeness (QED) is 0.879. The minimum atomic E-state index is -1.17. The molecule has 2 amide bonds. The van der Waals surface area contributed by atoms with Crippen molar-refractivity contribution in [2.75, 3.05) is 11.9 Å². The maximum atomic E-state index is 13.4. The van der Waals surface area contributed by atoms with Gasteiger partial charge in [0.15, 0.2) is 0 Å². The van der Waals surface area contributed by atoms with E-state index < -0.39 is 35.9 Å². The Labute approximate surface area is 107 Å². The van der Waals surface area contributed by atoms with Gasteiger partial charge in [0.1, 0.15) is 23.9 Å². The lowest BCUT2D eigenvalue weighted by atomic mass is 10.3. The average Bonchev–Trinajstić information content (AvgIpc) is 3.14. The third-order valence-electron chi connectivity index (χ3n) is 2.75. The molecule has 1 aliphatic rings. The van der Waals surface area contributed by atoms with Gasteiger partial charge in [-0.2, -0.15) is 0 Å². The molecule has 5 nitrogen and oxygen atoms in total. The smallest absolute Gasteiger partial charge is 0.323 e. The number of urea groups is 1. The minimum Gasteiger partial charge on any atom is -0.480 e. The third kappa shape index (κ3) is 3.18. The molecule has 0 unspecified atom stereocenters. The first-order valence-electron chi connectivity index (χ1n) is 5.72. The van der Waals surface area contributed by atoms with E-state index in [1.165, 1.54) is 6.07 Å². The number of amides is 2. The van der Waals surface area contributed by atoms with Gasteiger partial charge in [0.05, 0.1) is 0 Å². The number of anilines is 1. The third-order valence-corrected chi connectivity index (χ3v) is 2.75. The standard InChI is InChI=1S/C12H12F2N2O3/c13-8-2-1-3-9(14)11(8)15-12(19)16(6-10(17)18)7-4-5-7/h1-3,7H,4-6H2,(H,15,19)(H,17,18). The average molecular weight is 270 g/mol. The van der Waals surface area contributed by atoms with E-state index in [0.29, 0.717) is 12.8 Å². The summed E-state index contributed by atoms with van der Waals surface area (Å²) in [6, 6.07) is 2.21. The van der Waals surface area contributed by atoms with Gasteiger partial charge in [-0.25, -0.2) is 13.6 Å². The van der Waals surface area contributed by atoms with Crippen molar-refractivity contribution in [3.8, 4) is 0 Å². The Morgan fingerprint density at radius 1 is 1.32 bits per heavy atom. The Morgan fingerprint density at radius 3 is 2.37 bits per heavy atom. The monoisotopic (exact) mass is 270 g/mol. The zero-order valence-corrected chi connectivity index (χ0v) is 9.90. The van der Waals surface area contributed by atoms with Crippen LogP contribution < -0.4 is 5.32 Å². The molecule has 2 rings (SSSR count). The summed E-state index contributed by atoms with van der Waals surface area (Å²) in [4.78, 5) is 23.6. The first-order valence-corrected chi connectivity index (χ1v) is 5.72. The molecule has 2 N–H and O–H groups in total. The van der Waals surface area contributed by atoms with Crippen molar-refractivity contribution in [3.05, 3.63) is 29.8 Å². The number of aliphatic carboxylic acids is 1. The van der Waals surface area contributed by atoms with Crippen molar-refractivity contribution in [3.63, 3.8) is 0 Å². The molecule has 1 aliphatic carbocycles. The van der Waals surface area contributed by atoms with Crippen molar-refractivity contribution in [1.29, 1.82) is 0 Å². The topological polar surface area (TPSA) is 69.6 Å². The summed E-state index contributed by atoms with van der Waals surface area (Å²) in [6.45, 7) is -0.493. The van der Waals surface area contributed by atoms with Crippen LogP contribution in [0, 0.1) is 11.6 Å². The Kier molecular flexibility index (Phi) is 3.64. The molecule has 0 bridgehead atoms.